The van der Waals surface area contributed by atoms with Gasteiger partial charge in [-0.05, 0) is 29.3 Å². The zero-order chi connectivity index (χ0) is 15.9. The van der Waals surface area contributed by atoms with Gasteiger partial charge in [-0.2, -0.15) is 0 Å². The Hall–Kier alpha value is -2.44. The molecule has 6 N–H and O–H groups in total. The van der Waals surface area contributed by atoms with E-state index in [1.54, 1.807) is 12.1 Å². The second-order valence-corrected chi connectivity index (χ2v) is 5.30. The van der Waals surface area contributed by atoms with E-state index in [1.807, 2.05) is 0 Å². The number of ether oxygens (including phenoxy) is 1. The number of phenolic OH excluding ortho intramolecular Hbond substituents is 4. The summed E-state index contributed by atoms with van der Waals surface area (Å²) in [6.07, 6.45) is -0.535. The second-order valence-electron chi connectivity index (χ2n) is 5.30. The van der Waals surface area contributed by atoms with Crippen LogP contribution in [-0.4, -0.2) is 27.0 Å². The van der Waals surface area contributed by atoms with E-state index in [-0.39, 0.29) is 29.5 Å². The van der Waals surface area contributed by atoms with Gasteiger partial charge in [0, 0.05) is 18.5 Å². The number of fused-ring (bicyclic) bond motifs is 1. The standard InChI is InChI=1S/C16H17NO5/c17-7-15-9-2-4-12(19)16(21)10(9)6-14(22-15)8-1-3-11(18)13(20)5-8/h1-5,14-15,18-21H,6-7,17H2. The Labute approximate surface area is 127 Å². The molecule has 0 aliphatic carbocycles. The largest absolute Gasteiger partial charge is 0.504 e. The maximum Gasteiger partial charge on any atom is 0.161 e. The van der Waals surface area contributed by atoms with Gasteiger partial charge < -0.3 is 30.9 Å². The fourth-order valence-electron chi connectivity index (χ4n) is 2.78. The topological polar surface area (TPSA) is 116 Å². The lowest BCUT2D eigenvalue weighted by atomic mass is 9.90. The van der Waals surface area contributed by atoms with Gasteiger partial charge in [-0.1, -0.05) is 12.1 Å². The van der Waals surface area contributed by atoms with Crippen LogP contribution in [0.3, 0.4) is 0 Å². The molecule has 1 heterocycles. The third-order valence-corrected chi connectivity index (χ3v) is 3.95. The fraction of sp³-hybridized carbons (Fsp3) is 0.250. The minimum atomic E-state index is -0.444. The minimum Gasteiger partial charge on any atom is -0.504 e. The van der Waals surface area contributed by atoms with Gasteiger partial charge in [-0.25, -0.2) is 0 Å². The number of phenols is 4. The Bertz CT molecular complexity index is 716. The van der Waals surface area contributed by atoms with Crippen molar-refractivity contribution in [1.29, 1.82) is 0 Å². The van der Waals surface area contributed by atoms with Crippen molar-refractivity contribution in [1.82, 2.24) is 0 Å². The molecule has 0 spiro atoms. The zero-order valence-electron chi connectivity index (χ0n) is 11.7. The van der Waals surface area contributed by atoms with Crippen LogP contribution >= 0.6 is 0 Å². The summed E-state index contributed by atoms with van der Waals surface area (Å²) in [5.41, 5.74) is 7.73. The molecule has 0 saturated carbocycles. The van der Waals surface area contributed by atoms with Crippen molar-refractivity contribution in [2.75, 3.05) is 6.54 Å². The second kappa shape index (κ2) is 5.40. The molecule has 2 unspecified atom stereocenters. The lowest BCUT2D eigenvalue weighted by molar-refractivity contribution is -0.0231. The van der Waals surface area contributed by atoms with Crippen molar-refractivity contribution in [3.05, 3.63) is 47.0 Å². The molecule has 0 amide bonds. The molecule has 0 bridgehead atoms. The predicted molar refractivity (Wildman–Crippen MR) is 78.9 cm³/mol. The maximum atomic E-state index is 10.1. The molecule has 6 heteroatoms. The van der Waals surface area contributed by atoms with Crippen LogP contribution in [-0.2, 0) is 11.2 Å². The highest BCUT2D eigenvalue weighted by atomic mass is 16.5. The van der Waals surface area contributed by atoms with Gasteiger partial charge in [0.15, 0.2) is 23.0 Å². The highest BCUT2D eigenvalue weighted by molar-refractivity contribution is 5.52. The molecule has 1 aliphatic heterocycles. The van der Waals surface area contributed by atoms with Crippen molar-refractivity contribution in [3.8, 4) is 23.0 Å². The van der Waals surface area contributed by atoms with Crippen molar-refractivity contribution in [3.63, 3.8) is 0 Å². The molecule has 0 radical (unpaired) electrons. The minimum absolute atomic E-state index is 0.174. The SMILES string of the molecule is NCC1OC(c2ccc(O)c(O)c2)Cc2c1ccc(O)c2O. The molecule has 0 saturated heterocycles. The Kier molecular flexibility index (Phi) is 3.56. The van der Waals surface area contributed by atoms with Gasteiger partial charge >= 0.3 is 0 Å². The van der Waals surface area contributed by atoms with Gasteiger partial charge in [-0.3, -0.25) is 0 Å². The third kappa shape index (κ3) is 2.32. The van der Waals surface area contributed by atoms with E-state index in [2.05, 4.69) is 0 Å². The summed E-state index contributed by atoms with van der Waals surface area (Å²) in [4.78, 5) is 0. The third-order valence-electron chi connectivity index (χ3n) is 3.95. The maximum absolute atomic E-state index is 10.1. The van der Waals surface area contributed by atoms with Crippen molar-refractivity contribution < 1.29 is 25.2 Å². The quantitative estimate of drug-likeness (QED) is 0.540. The van der Waals surface area contributed by atoms with Gasteiger partial charge in [0.25, 0.3) is 0 Å². The average molecular weight is 303 g/mol. The van der Waals surface area contributed by atoms with Crippen LogP contribution in [0.1, 0.15) is 28.9 Å². The fourth-order valence-corrected chi connectivity index (χ4v) is 2.78. The smallest absolute Gasteiger partial charge is 0.161 e. The van der Waals surface area contributed by atoms with Crippen molar-refractivity contribution >= 4 is 0 Å². The molecular weight excluding hydrogens is 286 g/mol. The number of hydrogen-bond acceptors (Lipinski definition) is 6. The molecule has 22 heavy (non-hydrogen) atoms. The van der Waals surface area contributed by atoms with Gasteiger partial charge in [0.05, 0.1) is 12.2 Å². The molecule has 2 atom stereocenters. The number of nitrogens with two attached hydrogens (primary N) is 1. The van der Waals surface area contributed by atoms with Crippen LogP contribution in [0, 0.1) is 0 Å². The number of aromatic hydroxyl groups is 4. The summed E-state index contributed by atoms with van der Waals surface area (Å²) >= 11 is 0. The lowest BCUT2D eigenvalue weighted by Gasteiger charge is -2.32. The van der Waals surface area contributed by atoms with E-state index in [0.29, 0.717) is 17.5 Å². The van der Waals surface area contributed by atoms with Crippen LogP contribution in [0.15, 0.2) is 30.3 Å². The Morgan fingerprint density at radius 1 is 1.00 bits per heavy atom. The summed E-state index contributed by atoms with van der Waals surface area (Å²) in [5, 5.41) is 38.8. The van der Waals surface area contributed by atoms with Crippen LogP contribution in [0.5, 0.6) is 23.0 Å². The zero-order valence-corrected chi connectivity index (χ0v) is 11.7. The normalized spacial score (nSPS) is 20.6. The van der Waals surface area contributed by atoms with Crippen LogP contribution in [0.4, 0.5) is 0 Å². The first-order chi connectivity index (χ1) is 10.5. The molecule has 0 fully saturated rings. The van der Waals surface area contributed by atoms with Gasteiger partial charge in [0.1, 0.15) is 0 Å². The molecule has 3 rings (SSSR count). The molecule has 116 valence electrons. The number of benzene rings is 2. The molecule has 1 aliphatic rings. The highest BCUT2D eigenvalue weighted by Gasteiger charge is 2.31. The highest BCUT2D eigenvalue weighted by Crippen LogP contribution is 2.44. The molecule has 2 aromatic rings. The predicted octanol–water partition coefficient (Wildman–Crippen LogP) is 1.82. The summed E-state index contributed by atoms with van der Waals surface area (Å²) in [7, 11) is 0. The van der Waals surface area contributed by atoms with Crippen molar-refractivity contribution in [2.24, 2.45) is 5.73 Å². The van der Waals surface area contributed by atoms with Gasteiger partial charge in [0.2, 0.25) is 0 Å². The Balaban J connectivity index is 2.03. The first-order valence-electron chi connectivity index (χ1n) is 6.92. The van der Waals surface area contributed by atoms with Crippen LogP contribution in [0.25, 0.3) is 0 Å². The summed E-state index contributed by atoms with van der Waals surface area (Å²) in [6, 6.07) is 7.53. The summed E-state index contributed by atoms with van der Waals surface area (Å²) in [6.45, 7) is 0.220. The Morgan fingerprint density at radius 2 is 1.73 bits per heavy atom. The van der Waals surface area contributed by atoms with Crippen LogP contribution in [0.2, 0.25) is 0 Å². The Morgan fingerprint density at radius 3 is 2.41 bits per heavy atom. The summed E-state index contributed by atoms with van der Waals surface area (Å²) < 4.78 is 5.93. The van der Waals surface area contributed by atoms with E-state index < -0.39 is 12.2 Å². The first-order valence-corrected chi connectivity index (χ1v) is 6.92. The van der Waals surface area contributed by atoms with E-state index in [0.717, 1.165) is 5.56 Å². The average Bonchev–Trinajstić information content (AvgIpc) is 2.52. The molecule has 0 aromatic heterocycles. The van der Waals surface area contributed by atoms with Gasteiger partial charge in [-0.15, -0.1) is 0 Å². The summed E-state index contributed by atoms with van der Waals surface area (Å²) in [5.74, 6) is -0.817. The molecule has 6 nitrogen and oxygen atoms in total. The monoisotopic (exact) mass is 303 g/mol. The van der Waals surface area contributed by atoms with Crippen LogP contribution < -0.4 is 5.73 Å². The van der Waals surface area contributed by atoms with Crippen molar-refractivity contribution in [2.45, 2.75) is 18.6 Å². The number of hydrogen-bond donors (Lipinski definition) is 5. The lowest BCUT2D eigenvalue weighted by Crippen LogP contribution is -2.25. The van der Waals surface area contributed by atoms with E-state index in [1.165, 1.54) is 18.2 Å². The van der Waals surface area contributed by atoms with E-state index >= 15 is 0 Å². The molecular formula is C16H17NO5. The first kappa shape index (κ1) is 14.5. The molecule has 2 aromatic carbocycles. The van der Waals surface area contributed by atoms with E-state index in [4.69, 9.17) is 10.5 Å². The van der Waals surface area contributed by atoms with E-state index in [9.17, 15) is 20.4 Å². The number of rotatable bonds is 2.